The number of hydrogen-bond acceptors (Lipinski definition) is 3. The van der Waals surface area contributed by atoms with Crippen molar-refractivity contribution in [3.05, 3.63) is 0 Å². The molecule has 10 heteroatoms. The third kappa shape index (κ3) is 1.60. The first-order valence-electron chi connectivity index (χ1n) is 5.52. The molecule has 0 aromatic carbocycles. The van der Waals surface area contributed by atoms with E-state index >= 15 is 0 Å². The summed E-state index contributed by atoms with van der Waals surface area (Å²) in [6.07, 6.45) is -7.50. The Bertz CT molecular complexity index is 453. The van der Waals surface area contributed by atoms with E-state index in [1.807, 2.05) is 0 Å². The summed E-state index contributed by atoms with van der Waals surface area (Å²) in [4.78, 5) is 10.7. The van der Waals surface area contributed by atoms with Crippen LogP contribution in [0, 0.1) is 5.41 Å². The zero-order valence-corrected chi connectivity index (χ0v) is 10.1. The van der Waals surface area contributed by atoms with Crippen molar-refractivity contribution < 1.29 is 45.7 Å². The first-order chi connectivity index (χ1) is 8.81. The highest BCUT2D eigenvalue weighted by atomic mass is 19.3. The molecular weight excluding hydrogens is 298 g/mol. The fourth-order valence-electron chi connectivity index (χ4n) is 2.35. The number of ether oxygens (including phenoxy) is 2. The van der Waals surface area contributed by atoms with Crippen LogP contribution in [-0.4, -0.2) is 41.4 Å². The summed E-state index contributed by atoms with van der Waals surface area (Å²) in [6, 6.07) is 0. The molecule has 20 heavy (non-hydrogen) atoms. The van der Waals surface area contributed by atoms with E-state index in [0.29, 0.717) is 6.92 Å². The van der Waals surface area contributed by atoms with Gasteiger partial charge in [0.2, 0.25) is 0 Å². The van der Waals surface area contributed by atoms with Crippen LogP contribution in [0.15, 0.2) is 0 Å². The van der Waals surface area contributed by atoms with Gasteiger partial charge in [-0.2, -0.15) is 26.3 Å². The Morgan fingerprint density at radius 2 is 1.65 bits per heavy atom. The van der Waals surface area contributed by atoms with Gasteiger partial charge in [0, 0.05) is 13.3 Å². The van der Waals surface area contributed by atoms with Crippen molar-refractivity contribution in [2.75, 3.05) is 6.61 Å². The van der Waals surface area contributed by atoms with Crippen molar-refractivity contribution >= 4 is 5.97 Å². The minimum Gasteiger partial charge on any atom is -0.477 e. The Labute approximate surface area is 108 Å². The van der Waals surface area contributed by atoms with E-state index in [9.17, 15) is 31.1 Å². The zero-order chi connectivity index (χ0) is 15.6. The van der Waals surface area contributed by atoms with E-state index in [-0.39, 0.29) is 0 Å². The molecule has 116 valence electrons. The fraction of sp³-hybridized carbons (Fsp3) is 0.900. The molecule has 0 aromatic rings. The van der Waals surface area contributed by atoms with Crippen molar-refractivity contribution in [2.45, 2.75) is 43.5 Å². The largest absolute Gasteiger partial charge is 0.477 e. The molecule has 2 rings (SSSR count). The summed E-state index contributed by atoms with van der Waals surface area (Å²) in [7, 11) is 0. The maximum Gasteiger partial charge on any atom is 0.372 e. The van der Waals surface area contributed by atoms with Crippen LogP contribution >= 0.6 is 0 Å². The number of carboxylic acids is 1. The summed E-state index contributed by atoms with van der Waals surface area (Å²) >= 11 is 0. The van der Waals surface area contributed by atoms with E-state index in [1.54, 1.807) is 0 Å². The normalized spacial score (nSPS) is 41.8. The molecule has 0 radical (unpaired) electrons. The van der Waals surface area contributed by atoms with E-state index in [1.165, 1.54) is 0 Å². The van der Waals surface area contributed by atoms with E-state index < -0.39 is 54.6 Å². The van der Waals surface area contributed by atoms with Crippen molar-refractivity contribution in [3.8, 4) is 0 Å². The lowest BCUT2D eigenvalue weighted by atomic mass is 9.81. The molecule has 0 aromatic heterocycles. The second-order valence-electron chi connectivity index (χ2n) is 5.02. The standard InChI is InChI=1S/C10H10F6O4/c1-6(5(17)18)19-4-7(10(15,16)20-6)2-3-8(11,12)9(7,13)14/h2-4H2,1H3,(H,17,18). The van der Waals surface area contributed by atoms with Gasteiger partial charge in [0.25, 0.3) is 5.79 Å². The maximum atomic E-state index is 13.9. The Morgan fingerprint density at radius 1 is 1.10 bits per heavy atom. The van der Waals surface area contributed by atoms with Crippen molar-refractivity contribution in [1.82, 2.24) is 0 Å². The molecule has 2 atom stereocenters. The van der Waals surface area contributed by atoms with Crippen LogP contribution in [-0.2, 0) is 14.3 Å². The quantitative estimate of drug-likeness (QED) is 0.756. The molecule has 1 aliphatic heterocycles. The lowest BCUT2D eigenvalue weighted by molar-refractivity contribution is -0.466. The first-order valence-corrected chi connectivity index (χ1v) is 5.52. The van der Waals surface area contributed by atoms with Gasteiger partial charge in [-0.3, -0.25) is 4.74 Å². The molecule has 0 amide bonds. The molecule has 1 saturated heterocycles. The third-order valence-electron chi connectivity index (χ3n) is 3.79. The topological polar surface area (TPSA) is 55.8 Å². The second-order valence-corrected chi connectivity index (χ2v) is 5.02. The van der Waals surface area contributed by atoms with Crippen molar-refractivity contribution in [1.29, 1.82) is 0 Å². The fourth-order valence-corrected chi connectivity index (χ4v) is 2.35. The van der Waals surface area contributed by atoms with Gasteiger partial charge in [0.15, 0.2) is 5.41 Å². The Balaban J connectivity index is 2.44. The molecular formula is C10H10F6O4. The summed E-state index contributed by atoms with van der Waals surface area (Å²) in [5, 5.41) is 8.67. The number of carbonyl (C=O) groups is 1. The number of halogens is 6. The molecule has 1 spiro atoms. The highest BCUT2D eigenvalue weighted by Gasteiger charge is 2.84. The lowest BCUT2D eigenvalue weighted by Crippen LogP contribution is -2.67. The minimum absolute atomic E-state index is 0.585. The highest BCUT2D eigenvalue weighted by molar-refractivity contribution is 5.75. The predicted octanol–water partition coefficient (Wildman–Crippen LogP) is 2.48. The van der Waals surface area contributed by atoms with Gasteiger partial charge in [-0.1, -0.05) is 0 Å². The number of carboxylic acid groups (broad SMARTS) is 1. The summed E-state index contributed by atoms with van der Waals surface area (Å²) in [5.41, 5.74) is -3.58. The predicted molar refractivity (Wildman–Crippen MR) is 49.6 cm³/mol. The van der Waals surface area contributed by atoms with Gasteiger partial charge < -0.3 is 9.84 Å². The Kier molecular flexibility index (Phi) is 2.91. The van der Waals surface area contributed by atoms with Crippen LogP contribution < -0.4 is 0 Å². The van der Waals surface area contributed by atoms with Gasteiger partial charge in [0.1, 0.15) is 0 Å². The van der Waals surface area contributed by atoms with Gasteiger partial charge in [-0.15, -0.1) is 0 Å². The number of aliphatic carboxylic acids is 1. The summed E-state index contributed by atoms with van der Waals surface area (Å²) < 4.78 is 89.6. The number of rotatable bonds is 1. The van der Waals surface area contributed by atoms with Crippen LogP contribution in [0.1, 0.15) is 19.8 Å². The third-order valence-corrected chi connectivity index (χ3v) is 3.79. The molecule has 2 aliphatic rings. The molecule has 4 nitrogen and oxygen atoms in total. The Morgan fingerprint density at radius 3 is 2.00 bits per heavy atom. The van der Waals surface area contributed by atoms with Crippen LogP contribution in [0.5, 0.6) is 0 Å². The molecule has 2 fully saturated rings. The van der Waals surface area contributed by atoms with Gasteiger partial charge in [-0.25, -0.2) is 4.79 Å². The maximum absolute atomic E-state index is 13.9. The number of alkyl halides is 6. The van der Waals surface area contributed by atoms with Gasteiger partial charge >= 0.3 is 23.9 Å². The van der Waals surface area contributed by atoms with E-state index in [4.69, 9.17) is 5.11 Å². The van der Waals surface area contributed by atoms with E-state index in [2.05, 4.69) is 9.47 Å². The van der Waals surface area contributed by atoms with Gasteiger partial charge in [0.05, 0.1) is 6.61 Å². The lowest BCUT2D eigenvalue weighted by Gasteiger charge is -2.48. The summed E-state index contributed by atoms with van der Waals surface area (Å²) in [5.74, 6) is -14.6. The monoisotopic (exact) mass is 308 g/mol. The average Bonchev–Trinajstić information content (AvgIpc) is 2.43. The molecule has 1 aliphatic carbocycles. The molecule has 1 N–H and O–H groups in total. The SMILES string of the molecule is CC1(C(=O)O)OCC2(CCC(F)(F)C2(F)F)C(F)(F)O1. The van der Waals surface area contributed by atoms with Crippen LogP contribution in [0.3, 0.4) is 0 Å². The zero-order valence-electron chi connectivity index (χ0n) is 10.1. The molecule has 2 unspecified atom stereocenters. The first kappa shape index (κ1) is 15.4. The Hall–Kier alpha value is -1.03. The summed E-state index contributed by atoms with van der Waals surface area (Å²) in [6.45, 7) is -0.966. The second kappa shape index (κ2) is 3.79. The van der Waals surface area contributed by atoms with E-state index in [0.717, 1.165) is 0 Å². The van der Waals surface area contributed by atoms with Crippen molar-refractivity contribution in [2.24, 2.45) is 5.41 Å². The minimum atomic E-state index is -5.08. The smallest absolute Gasteiger partial charge is 0.372 e. The van der Waals surface area contributed by atoms with Crippen LogP contribution in [0.2, 0.25) is 0 Å². The average molecular weight is 308 g/mol. The van der Waals surface area contributed by atoms with Crippen molar-refractivity contribution in [3.63, 3.8) is 0 Å². The number of hydrogen-bond donors (Lipinski definition) is 1. The van der Waals surface area contributed by atoms with Gasteiger partial charge in [-0.05, 0) is 6.42 Å². The molecule has 1 heterocycles. The molecule has 0 bridgehead atoms. The van der Waals surface area contributed by atoms with Crippen LogP contribution in [0.25, 0.3) is 0 Å². The highest BCUT2D eigenvalue weighted by Crippen LogP contribution is 2.66. The van der Waals surface area contributed by atoms with Crippen LogP contribution in [0.4, 0.5) is 26.3 Å². The molecule has 1 saturated carbocycles.